The first-order valence-corrected chi connectivity index (χ1v) is 11.6. The highest BCUT2D eigenvalue weighted by Crippen LogP contribution is 2.47. The minimum atomic E-state index is -0.549. The lowest BCUT2D eigenvalue weighted by Crippen LogP contribution is -2.56. The maximum Gasteiger partial charge on any atom is 0.356 e. The molecule has 1 atom stereocenters. The van der Waals surface area contributed by atoms with Gasteiger partial charge in [0.15, 0.2) is 6.10 Å². The van der Waals surface area contributed by atoms with E-state index in [0.29, 0.717) is 20.4 Å². The van der Waals surface area contributed by atoms with Crippen molar-refractivity contribution in [3.05, 3.63) is 92.0 Å². The van der Waals surface area contributed by atoms with Crippen LogP contribution in [-0.4, -0.2) is 27.9 Å². The van der Waals surface area contributed by atoms with Gasteiger partial charge in [-0.15, -0.1) is 11.8 Å². The van der Waals surface area contributed by atoms with Crippen LogP contribution in [0.1, 0.15) is 24.2 Å². The molecule has 0 unspecified atom stereocenters. The second-order valence-electron chi connectivity index (χ2n) is 6.75. The maximum atomic E-state index is 13.3. The minimum Gasteiger partial charge on any atom is -0.448 e. The molecule has 4 rings (SSSR count). The van der Waals surface area contributed by atoms with E-state index >= 15 is 0 Å². The van der Waals surface area contributed by atoms with Crippen LogP contribution in [0.25, 0.3) is 0 Å². The van der Waals surface area contributed by atoms with Crippen molar-refractivity contribution in [2.75, 3.05) is 5.75 Å². The predicted octanol–water partition coefficient (Wildman–Crippen LogP) is 5.51. The van der Waals surface area contributed by atoms with E-state index in [2.05, 4.69) is 31.9 Å². The highest BCUT2D eigenvalue weighted by Gasteiger charge is 2.50. The van der Waals surface area contributed by atoms with Gasteiger partial charge in [0.05, 0.1) is 8.96 Å². The van der Waals surface area contributed by atoms with E-state index in [4.69, 9.17) is 4.74 Å². The van der Waals surface area contributed by atoms with Gasteiger partial charge in [-0.05, 0) is 55.5 Å². The first-order valence-electron chi connectivity index (χ1n) is 9.00. The van der Waals surface area contributed by atoms with Crippen molar-refractivity contribution in [3.63, 3.8) is 0 Å². The van der Waals surface area contributed by atoms with Crippen LogP contribution in [0.15, 0.2) is 80.9 Å². The van der Waals surface area contributed by atoms with E-state index in [1.807, 2.05) is 67.6 Å². The molecule has 7 heteroatoms. The van der Waals surface area contributed by atoms with Crippen molar-refractivity contribution >= 4 is 55.5 Å². The fourth-order valence-corrected chi connectivity index (χ4v) is 5.81. The molecule has 2 aliphatic rings. The number of esters is 1. The fourth-order valence-electron chi connectivity index (χ4n) is 3.45. The number of thioether (sulfide) groups is 1. The van der Waals surface area contributed by atoms with Gasteiger partial charge < -0.3 is 4.74 Å². The van der Waals surface area contributed by atoms with E-state index < -0.39 is 12.1 Å². The van der Waals surface area contributed by atoms with Gasteiger partial charge in [-0.25, -0.2) is 4.79 Å². The van der Waals surface area contributed by atoms with Gasteiger partial charge in [-0.3, -0.25) is 9.69 Å². The van der Waals surface area contributed by atoms with Gasteiger partial charge >= 0.3 is 5.97 Å². The summed E-state index contributed by atoms with van der Waals surface area (Å²) in [5.74, 6) is -0.00592. The van der Waals surface area contributed by atoms with Gasteiger partial charge in [0.25, 0.3) is 5.91 Å². The first-order chi connectivity index (χ1) is 14.0. The van der Waals surface area contributed by atoms with Crippen LogP contribution in [0, 0.1) is 0 Å². The summed E-state index contributed by atoms with van der Waals surface area (Å²) >= 11 is 8.28. The third-order valence-electron chi connectivity index (χ3n) is 4.86. The van der Waals surface area contributed by atoms with Crippen LogP contribution in [0.5, 0.6) is 0 Å². The summed E-state index contributed by atoms with van der Waals surface area (Å²) in [5, 5.41) is -0.186. The number of β-lactam (4-membered cyclic amide) rings is 1. The maximum absolute atomic E-state index is 13.3. The molecule has 1 fully saturated rings. The highest BCUT2D eigenvalue weighted by molar-refractivity contribution is 9.28. The topological polar surface area (TPSA) is 46.6 Å². The largest absolute Gasteiger partial charge is 0.448 e. The van der Waals surface area contributed by atoms with Gasteiger partial charge in [-0.1, -0.05) is 60.7 Å². The first kappa shape index (κ1) is 20.4. The zero-order chi connectivity index (χ0) is 20.5. The Bertz CT molecular complexity index is 977. The van der Waals surface area contributed by atoms with E-state index in [9.17, 15) is 9.59 Å². The molecule has 2 aromatic carbocycles. The Morgan fingerprint density at radius 2 is 1.62 bits per heavy atom. The van der Waals surface area contributed by atoms with Gasteiger partial charge in [0.2, 0.25) is 0 Å². The van der Waals surface area contributed by atoms with Crippen molar-refractivity contribution in [2.24, 2.45) is 0 Å². The number of amides is 1. The summed E-state index contributed by atoms with van der Waals surface area (Å²) in [5.41, 5.74) is 3.59. The van der Waals surface area contributed by atoms with Gasteiger partial charge in [-0.2, -0.15) is 0 Å². The molecule has 1 amide bonds. The predicted molar refractivity (Wildman–Crippen MR) is 121 cm³/mol. The molecule has 0 radical (unpaired) electrons. The lowest BCUT2D eigenvalue weighted by atomic mass is 10.0. The Morgan fingerprint density at radius 3 is 2.14 bits per heavy atom. The smallest absolute Gasteiger partial charge is 0.356 e. The fraction of sp³-hybridized carbons (Fsp3) is 0.182. The lowest BCUT2D eigenvalue weighted by Gasteiger charge is -2.46. The summed E-state index contributed by atoms with van der Waals surface area (Å²) in [4.78, 5) is 27.5. The van der Waals surface area contributed by atoms with Gasteiger partial charge in [0.1, 0.15) is 11.1 Å². The van der Waals surface area contributed by atoms with Crippen molar-refractivity contribution in [2.45, 2.75) is 18.4 Å². The molecule has 148 valence electrons. The summed E-state index contributed by atoms with van der Waals surface area (Å²) in [6, 6.07) is 19.3. The summed E-state index contributed by atoms with van der Waals surface area (Å²) in [7, 11) is 0. The number of rotatable bonds is 4. The molecule has 1 saturated heterocycles. The number of carbonyl (C=O) groups excluding carboxylic acids is 2. The van der Waals surface area contributed by atoms with Gasteiger partial charge in [0, 0.05) is 5.75 Å². The monoisotopic (exact) mass is 533 g/mol. The Labute approximate surface area is 190 Å². The van der Waals surface area contributed by atoms with Crippen molar-refractivity contribution in [1.82, 2.24) is 4.90 Å². The number of hydrogen-bond donors (Lipinski definition) is 0. The molecular weight excluding hydrogens is 518 g/mol. The third-order valence-corrected chi connectivity index (χ3v) is 7.08. The molecule has 0 bridgehead atoms. The van der Waals surface area contributed by atoms with E-state index in [0.717, 1.165) is 16.7 Å². The van der Waals surface area contributed by atoms with Crippen molar-refractivity contribution in [3.8, 4) is 0 Å². The normalized spacial score (nSPS) is 18.5. The molecule has 0 aromatic heterocycles. The molecule has 0 aliphatic carbocycles. The number of hydrogen-bond acceptors (Lipinski definition) is 4. The van der Waals surface area contributed by atoms with Crippen LogP contribution in [0.3, 0.4) is 0 Å². The van der Waals surface area contributed by atoms with E-state index in [-0.39, 0.29) is 11.3 Å². The summed E-state index contributed by atoms with van der Waals surface area (Å²) in [6.07, 6.45) is -0.549. The number of fused-ring (bicyclic) bond motifs is 1. The number of benzene rings is 2. The Balaban J connectivity index is 1.66. The van der Waals surface area contributed by atoms with Crippen molar-refractivity contribution < 1.29 is 14.3 Å². The third kappa shape index (κ3) is 3.83. The molecule has 29 heavy (non-hydrogen) atoms. The Morgan fingerprint density at radius 1 is 1.07 bits per heavy atom. The lowest BCUT2D eigenvalue weighted by molar-refractivity contribution is -0.149. The quantitative estimate of drug-likeness (QED) is 0.295. The zero-order valence-electron chi connectivity index (χ0n) is 15.5. The molecule has 0 N–H and O–H groups in total. The average Bonchev–Trinajstić information content (AvgIpc) is 2.73. The summed E-state index contributed by atoms with van der Waals surface area (Å²) in [6.45, 7) is 1.87. The molecule has 4 nitrogen and oxygen atoms in total. The average molecular weight is 535 g/mol. The number of halogens is 2. The standard InChI is InChI=1S/C22H17Br2NO3S/c1-13-12-29-21-16(19(23)24)20(26)25(21)17(13)22(27)28-18(14-8-4-2-5-9-14)15-10-6-3-7-11-15/h2-11,18,21H,12H2,1H3/t21-/m1/s1. The SMILES string of the molecule is CC1=C(C(=O)OC(c2ccccc2)c2ccccc2)N2C(=O)C(=C(Br)Br)[C@H]2SC1. The van der Waals surface area contributed by atoms with Crippen LogP contribution in [0.4, 0.5) is 0 Å². The van der Waals surface area contributed by atoms with Crippen LogP contribution < -0.4 is 0 Å². The molecule has 2 heterocycles. The molecular formula is C22H17Br2NO3S. The van der Waals surface area contributed by atoms with E-state index in [1.165, 1.54) is 4.90 Å². The zero-order valence-corrected chi connectivity index (χ0v) is 19.5. The van der Waals surface area contributed by atoms with Crippen LogP contribution in [0.2, 0.25) is 0 Å². The summed E-state index contributed by atoms with van der Waals surface area (Å²) < 4.78 is 6.62. The molecule has 0 spiro atoms. The second kappa shape index (κ2) is 8.50. The van der Waals surface area contributed by atoms with E-state index in [1.54, 1.807) is 11.8 Å². The van der Waals surface area contributed by atoms with Crippen LogP contribution in [-0.2, 0) is 14.3 Å². The number of nitrogens with zero attached hydrogens (tertiary/aromatic N) is 1. The molecule has 2 aliphatic heterocycles. The van der Waals surface area contributed by atoms with Crippen LogP contribution >= 0.6 is 43.6 Å². The Hall–Kier alpha value is -1.83. The number of ether oxygens (including phenoxy) is 1. The van der Waals surface area contributed by atoms with Crippen molar-refractivity contribution in [1.29, 1.82) is 0 Å². The Kier molecular flexibility index (Phi) is 5.99. The number of carbonyl (C=O) groups is 2. The molecule has 2 aromatic rings. The second-order valence-corrected chi connectivity index (χ2v) is 10.5. The highest BCUT2D eigenvalue weighted by atomic mass is 79.9. The molecule has 0 saturated carbocycles. The minimum absolute atomic E-state index is 0.186.